The van der Waals surface area contributed by atoms with Gasteiger partial charge in [0.05, 0.1) is 10.9 Å². The van der Waals surface area contributed by atoms with E-state index in [2.05, 4.69) is 5.32 Å². The Bertz CT molecular complexity index is 952. The van der Waals surface area contributed by atoms with Crippen LogP contribution in [0.1, 0.15) is 43.4 Å². The summed E-state index contributed by atoms with van der Waals surface area (Å²) in [6, 6.07) is 14.3. The Kier molecular flexibility index (Phi) is 6.98. The van der Waals surface area contributed by atoms with Gasteiger partial charge in [-0.25, -0.2) is 8.42 Å². The van der Waals surface area contributed by atoms with Crippen LogP contribution in [-0.4, -0.2) is 31.7 Å². The number of carbonyl (C=O) groups is 1. The van der Waals surface area contributed by atoms with E-state index in [1.165, 1.54) is 4.31 Å². The first kappa shape index (κ1) is 21.8. The first-order valence-electron chi connectivity index (χ1n) is 9.94. The molecule has 5 nitrogen and oxygen atoms in total. The summed E-state index contributed by atoms with van der Waals surface area (Å²) in [4.78, 5) is 13.1. The molecule has 0 saturated carbocycles. The van der Waals surface area contributed by atoms with E-state index in [1.54, 1.807) is 24.3 Å². The average Bonchev–Trinajstić information content (AvgIpc) is 2.72. The van der Waals surface area contributed by atoms with E-state index in [1.807, 2.05) is 38.1 Å². The number of sulfonamides is 1. The predicted molar refractivity (Wildman–Crippen MR) is 115 cm³/mol. The van der Waals surface area contributed by atoms with E-state index in [0.717, 1.165) is 17.5 Å². The van der Waals surface area contributed by atoms with E-state index in [4.69, 9.17) is 11.6 Å². The summed E-state index contributed by atoms with van der Waals surface area (Å²) in [5.41, 5.74) is 2.00. The summed E-state index contributed by atoms with van der Waals surface area (Å²) in [6.07, 6.45) is 1.79. The molecule has 7 heteroatoms. The molecule has 1 aliphatic heterocycles. The van der Waals surface area contributed by atoms with E-state index < -0.39 is 10.0 Å². The third-order valence-electron chi connectivity index (χ3n) is 5.46. The highest BCUT2D eigenvalue weighted by atomic mass is 35.5. The molecule has 2 aromatic rings. The number of benzene rings is 2. The predicted octanol–water partition coefficient (Wildman–Crippen LogP) is 4.32. The molecule has 1 amide bonds. The van der Waals surface area contributed by atoms with Gasteiger partial charge in [-0.1, -0.05) is 48.4 Å². The van der Waals surface area contributed by atoms with Gasteiger partial charge in [-0.2, -0.15) is 4.31 Å². The lowest BCUT2D eigenvalue weighted by molar-refractivity contribution is -0.126. The molecule has 0 aliphatic carbocycles. The van der Waals surface area contributed by atoms with Gasteiger partial charge in [0.2, 0.25) is 15.9 Å². The van der Waals surface area contributed by atoms with Gasteiger partial charge in [-0.15, -0.1) is 0 Å². The molecule has 1 aliphatic rings. The normalized spacial score (nSPS) is 17.1. The topological polar surface area (TPSA) is 66.5 Å². The summed E-state index contributed by atoms with van der Waals surface area (Å²) in [5, 5.41) is 3.75. The van der Waals surface area contributed by atoms with Crippen LogP contribution >= 0.6 is 11.6 Å². The second kappa shape index (κ2) is 9.28. The van der Waals surface area contributed by atoms with Crippen molar-refractivity contribution in [2.45, 2.75) is 44.0 Å². The number of halogens is 1. The van der Waals surface area contributed by atoms with E-state index in [0.29, 0.717) is 35.8 Å². The lowest BCUT2D eigenvalue weighted by atomic mass is 9.96. The summed E-state index contributed by atoms with van der Waals surface area (Å²) in [6.45, 7) is 4.64. The zero-order valence-corrected chi connectivity index (χ0v) is 18.3. The Hall–Kier alpha value is -1.89. The molecule has 29 heavy (non-hydrogen) atoms. The summed E-state index contributed by atoms with van der Waals surface area (Å²) < 4.78 is 27.1. The lowest BCUT2D eigenvalue weighted by Gasteiger charge is -2.31. The van der Waals surface area contributed by atoms with Gasteiger partial charge in [0.15, 0.2) is 0 Å². The highest BCUT2D eigenvalue weighted by Gasteiger charge is 2.32. The van der Waals surface area contributed by atoms with E-state index in [-0.39, 0.29) is 17.9 Å². The van der Waals surface area contributed by atoms with Crippen molar-refractivity contribution in [1.82, 2.24) is 9.62 Å². The number of rotatable bonds is 6. The fourth-order valence-electron chi connectivity index (χ4n) is 3.65. The molecule has 3 rings (SSSR count). The summed E-state index contributed by atoms with van der Waals surface area (Å²) in [7, 11) is -3.52. The first-order chi connectivity index (χ1) is 13.8. The number of nitrogens with one attached hydrogen (secondary N) is 1. The van der Waals surface area contributed by atoms with Crippen LogP contribution in [0.3, 0.4) is 0 Å². The molecule has 1 fully saturated rings. The van der Waals surface area contributed by atoms with Crippen molar-refractivity contribution >= 4 is 27.5 Å². The molecule has 1 N–H and O–H groups in total. The number of hydrogen-bond donors (Lipinski definition) is 1. The van der Waals surface area contributed by atoms with E-state index in [9.17, 15) is 13.2 Å². The Balaban J connectivity index is 1.61. The molecule has 0 spiro atoms. The van der Waals surface area contributed by atoms with Gasteiger partial charge < -0.3 is 5.32 Å². The molecule has 0 aromatic heterocycles. The number of carbonyl (C=O) groups excluding carboxylic acids is 1. The van der Waals surface area contributed by atoms with Crippen molar-refractivity contribution in [2.24, 2.45) is 5.92 Å². The van der Waals surface area contributed by atoms with E-state index >= 15 is 0 Å². The standard InChI is InChI=1S/C22H27ClN2O3S/c1-3-21(18-5-4-6-19(23)15-18)24-22(26)17-11-13-25(14-12-17)29(27,28)20-9-7-16(2)8-10-20/h4-10,15,17,21H,3,11-14H2,1-2H3,(H,24,26). The largest absolute Gasteiger partial charge is 0.349 e. The van der Waals surface area contributed by atoms with Gasteiger partial charge in [0.1, 0.15) is 0 Å². The Morgan fingerprint density at radius 1 is 1.17 bits per heavy atom. The van der Waals surface area contributed by atoms with Crippen LogP contribution in [0.25, 0.3) is 0 Å². The smallest absolute Gasteiger partial charge is 0.243 e. The van der Waals surface area contributed by atoms with Crippen molar-refractivity contribution in [1.29, 1.82) is 0 Å². The SMILES string of the molecule is CCC(NC(=O)C1CCN(S(=O)(=O)c2ccc(C)cc2)CC1)c1cccc(Cl)c1. The van der Waals surface area contributed by atoms with Crippen LogP contribution in [0.2, 0.25) is 5.02 Å². The molecule has 156 valence electrons. The Morgan fingerprint density at radius 3 is 2.41 bits per heavy atom. The zero-order valence-electron chi connectivity index (χ0n) is 16.8. The molecular weight excluding hydrogens is 408 g/mol. The Morgan fingerprint density at radius 2 is 1.83 bits per heavy atom. The third kappa shape index (κ3) is 5.18. The van der Waals surface area contributed by atoms with Crippen molar-refractivity contribution in [2.75, 3.05) is 13.1 Å². The maximum Gasteiger partial charge on any atom is 0.243 e. The maximum atomic E-state index is 12.8. The van der Waals surface area contributed by atoms with Crippen LogP contribution in [0, 0.1) is 12.8 Å². The number of amides is 1. The second-order valence-corrected chi connectivity index (χ2v) is 9.89. The molecular formula is C22H27ClN2O3S. The van der Waals surface area contributed by atoms with Crippen molar-refractivity contribution in [3.05, 3.63) is 64.7 Å². The van der Waals surface area contributed by atoms with Crippen molar-refractivity contribution in [3.8, 4) is 0 Å². The van der Waals surface area contributed by atoms with Gasteiger partial charge in [-0.3, -0.25) is 4.79 Å². The number of hydrogen-bond acceptors (Lipinski definition) is 3. The van der Waals surface area contributed by atoms with Gasteiger partial charge in [0.25, 0.3) is 0 Å². The van der Waals surface area contributed by atoms with Crippen LogP contribution in [0.5, 0.6) is 0 Å². The quantitative estimate of drug-likeness (QED) is 0.736. The molecule has 2 aromatic carbocycles. The fraction of sp³-hybridized carbons (Fsp3) is 0.409. The minimum absolute atomic E-state index is 0.0239. The minimum atomic E-state index is -3.52. The zero-order chi connectivity index (χ0) is 21.0. The number of aryl methyl sites for hydroxylation is 1. The fourth-order valence-corrected chi connectivity index (χ4v) is 5.32. The van der Waals surface area contributed by atoms with Gasteiger partial charge in [0, 0.05) is 24.0 Å². The van der Waals surface area contributed by atoms with Crippen LogP contribution in [-0.2, 0) is 14.8 Å². The number of nitrogens with zero attached hydrogens (tertiary/aromatic N) is 1. The monoisotopic (exact) mass is 434 g/mol. The van der Waals surface area contributed by atoms with Crippen molar-refractivity contribution < 1.29 is 13.2 Å². The lowest BCUT2D eigenvalue weighted by Crippen LogP contribution is -2.43. The molecule has 0 bridgehead atoms. The van der Waals surface area contributed by atoms with Crippen LogP contribution < -0.4 is 5.32 Å². The van der Waals surface area contributed by atoms with Gasteiger partial charge in [-0.05, 0) is 56.0 Å². The second-order valence-electron chi connectivity index (χ2n) is 7.52. The Labute approximate surface area is 178 Å². The molecule has 0 radical (unpaired) electrons. The third-order valence-corrected chi connectivity index (χ3v) is 7.61. The molecule has 1 saturated heterocycles. The maximum absolute atomic E-state index is 12.8. The van der Waals surface area contributed by atoms with Crippen LogP contribution in [0.4, 0.5) is 0 Å². The average molecular weight is 435 g/mol. The summed E-state index contributed by atoms with van der Waals surface area (Å²) >= 11 is 6.07. The minimum Gasteiger partial charge on any atom is -0.349 e. The molecule has 1 unspecified atom stereocenters. The number of piperidine rings is 1. The summed E-state index contributed by atoms with van der Waals surface area (Å²) in [5.74, 6) is -0.211. The highest BCUT2D eigenvalue weighted by Crippen LogP contribution is 2.26. The molecule has 1 heterocycles. The van der Waals surface area contributed by atoms with Crippen LogP contribution in [0.15, 0.2) is 53.4 Å². The highest BCUT2D eigenvalue weighted by molar-refractivity contribution is 7.89. The van der Waals surface area contributed by atoms with Gasteiger partial charge >= 0.3 is 0 Å². The van der Waals surface area contributed by atoms with Crippen molar-refractivity contribution in [3.63, 3.8) is 0 Å². The first-order valence-corrected chi connectivity index (χ1v) is 11.8. The molecule has 1 atom stereocenters.